The first-order chi connectivity index (χ1) is 12.3. The molecule has 0 aliphatic heterocycles. The smallest absolute Gasteiger partial charge is 0.343 e. The van der Waals surface area contributed by atoms with Gasteiger partial charge in [-0.3, -0.25) is 9.59 Å². The van der Waals surface area contributed by atoms with Crippen molar-refractivity contribution < 1.29 is 18.0 Å². The first-order valence-corrected chi connectivity index (χ1v) is 9.25. The van der Waals surface area contributed by atoms with Crippen molar-refractivity contribution in [1.29, 1.82) is 0 Å². The van der Waals surface area contributed by atoms with E-state index >= 15 is 0 Å². The van der Waals surface area contributed by atoms with E-state index in [-0.39, 0.29) is 35.9 Å². The molecular formula is C18H26F3N3O2. The van der Waals surface area contributed by atoms with Crippen LogP contribution in [0.25, 0.3) is 0 Å². The number of carbonyl (C=O) groups excluding carboxylic acids is 1. The van der Waals surface area contributed by atoms with Crippen LogP contribution in [-0.2, 0) is 17.4 Å². The van der Waals surface area contributed by atoms with E-state index in [0.717, 1.165) is 25.7 Å². The number of amides is 1. The summed E-state index contributed by atoms with van der Waals surface area (Å²) >= 11 is 0. The maximum absolute atomic E-state index is 13.2. The van der Waals surface area contributed by atoms with Gasteiger partial charge in [0.15, 0.2) is 0 Å². The third kappa shape index (κ3) is 4.65. The molecule has 146 valence electrons. The van der Waals surface area contributed by atoms with Gasteiger partial charge in [-0.15, -0.1) is 0 Å². The molecule has 1 N–H and O–H groups in total. The third-order valence-electron chi connectivity index (χ3n) is 4.83. The largest absolute Gasteiger partial charge is 0.422 e. The van der Waals surface area contributed by atoms with E-state index in [1.54, 1.807) is 4.90 Å². The average molecular weight is 373 g/mol. The number of H-pyrrole nitrogens is 1. The Bertz CT molecular complexity index is 685. The van der Waals surface area contributed by atoms with Crippen LogP contribution in [0.2, 0.25) is 0 Å². The van der Waals surface area contributed by atoms with Crippen molar-refractivity contribution in [1.82, 2.24) is 15.1 Å². The number of hydrogen-bond acceptors (Lipinski definition) is 3. The van der Waals surface area contributed by atoms with E-state index in [2.05, 4.69) is 12.0 Å². The van der Waals surface area contributed by atoms with Crippen LogP contribution in [0.4, 0.5) is 13.2 Å². The number of alkyl halides is 3. The lowest BCUT2D eigenvalue weighted by molar-refractivity contribution is -0.139. The molecule has 1 heterocycles. The second kappa shape index (κ2) is 8.68. The van der Waals surface area contributed by atoms with E-state index in [4.69, 9.17) is 0 Å². The van der Waals surface area contributed by atoms with Gasteiger partial charge in [-0.25, -0.2) is 5.10 Å². The number of nitrogens with zero attached hydrogens (tertiary/aromatic N) is 2. The maximum Gasteiger partial charge on any atom is 0.422 e. The van der Waals surface area contributed by atoms with Crippen molar-refractivity contribution in [3.8, 4) is 0 Å². The standard InChI is InChI=1S/C18H26F3N3O2/c1-3-5-6-10-24(9-4-2)14(25)11-12-7-8-13-15(18(19,20)21)17(26)23-22-16(12)13/h12H,3-11H2,1-2H3,(H,23,26). The summed E-state index contributed by atoms with van der Waals surface area (Å²) in [6, 6.07) is 0. The molecule has 1 unspecified atom stereocenters. The molecule has 1 aromatic heterocycles. The predicted octanol–water partition coefficient (Wildman–Crippen LogP) is 3.64. The number of fused-ring (bicyclic) bond motifs is 1. The zero-order valence-corrected chi connectivity index (χ0v) is 15.3. The molecule has 5 nitrogen and oxygen atoms in total. The second-order valence-corrected chi connectivity index (χ2v) is 6.82. The minimum Gasteiger partial charge on any atom is -0.343 e. The predicted molar refractivity (Wildman–Crippen MR) is 91.9 cm³/mol. The molecule has 1 atom stereocenters. The first kappa shape index (κ1) is 20.5. The minimum atomic E-state index is -4.71. The van der Waals surface area contributed by atoms with Crippen molar-refractivity contribution in [3.63, 3.8) is 0 Å². The highest BCUT2D eigenvalue weighted by Gasteiger charge is 2.41. The number of aromatic amines is 1. The van der Waals surface area contributed by atoms with E-state index in [9.17, 15) is 22.8 Å². The number of aromatic nitrogens is 2. The van der Waals surface area contributed by atoms with E-state index in [1.165, 1.54) is 0 Å². The van der Waals surface area contributed by atoms with Gasteiger partial charge in [0.1, 0.15) is 5.56 Å². The molecule has 0 radical (unpaired) electrons. The van der Waals surface area contributed by atoms with Gasteiger partial charge in [-0.2, -0.15) is 18.3 Å². The number of nitrogens with one attached hydrogen (secondary N) is 1. The summed E-state index contributed by atoms with van der Waals surface area (Å²) in [6.45, 7) is 5.40. The van der Waals surface area contributed by atoms with Crippen molar-refractivity contribution in [2.45, 2.75) is 70.9 Å². The highest BCUT2D eigenvalue weighted by atomic mass is 19.4. The Morgan fingerprint density at radius 2 is 1.96 bits per heavy atom. The molecule has 0 saturated carbocycles. The number of halogens is 3. The fourth-order valence-electron chi connectivity index (χ4n) is 3.57. The van der Waals surface area contributed by atoms with Gasteiger partial charge in [0.2, 0.25) is 5.91 Å². The van der Waals surface area contributed by atoms with Crippen LogP contribution >= 0.6 is 0 Å². The number of unbranched alkanes of at least 4 members (excludes halogenated alkanes) is 2. The summed E-state index contributed by atoms with van der Waals surface area (Å²) in [7, 11) is 0. The molecular weight excluding hydrogens is 347 g/mol. The summed E-state index contributed by atoms with van der Waals surface area (Å²) in [5.74, 6) is -0.427. The van der Waals surface area contributed by atoms with E-state index < -0.39 is 17.3 Å². The molecule has 26 heavy (non-hydrogen) atoms. The van der Waals surface area contributed by atoms with Gasteiger partial charge in [-0.1, -0.05) is 26.7 Å². The van der Waals surface area contributed by atoms with Crippen molar-refractivity contribution in [2.75, 3.05) is 13.1 Å². The molecule has 8 heteroatoms. The maximum atomic E-state index is 13.2. The Morgan fingerprint density at radius 3 is 2.58 bits per heavy atom. The highest BCUT2D eigenvalue weighted by molar-refractivity contribution is 5.77. The van der Waals surface area contributed by atoms with Gasteiger partial charge >= 0.3 is 6.18 Å². The minimum absolute atomic E-state index is 0.0490. The van der Waals surface area contributed by atoms with Crippen LogP contribution in [0, 0.1) is 0 Å². The van der Waals surface area contributed by atoms with Crippen LogP contribution in [0.15, 0.2) is 4.79 Å². The Labute approximate surface area is 151 Å². The van der Waals surface area contributed by atoms with Crippen molar-refractivity contribution >= 4 is 5.91 Å². The van der Waals surface area contributed by atoms with Crippen LogP contribution in [0.3, 0.4) is 0 Å². The molecule has 1 aromatic rings. The van der Waals surface area contributed by atoms with Gasteiger partial charge in [-0.05, 0) is 31.2 Å². The van der Waals surface area contributed by atoms with Crippen LogP contribution in [-0.4, -0.2) is 34.1 Å². The Morgan fingerprint density at radius 1 is 1.23 bits per heavy atom. The quantitative estimate of drug-likeness (QED) is 0.708. The highest BCUT2D eigenvalue weighted by Crippen LogP contribution is 2.39. The normalized spacial score (nSPS) is 16.6. The fraction of sp³-hybridized carbons (Fsp3) is 0.722. The molecule has 1 aliphatic rings. The Hall–Kier alpha value is -1.86. The van der Waals surface area contributed by atoms with Gasteiger partial charge < -0.3 is 4.90 Å². The van der Waals surface area contributed by atoms with Gasteiger partial charge in [0, 0.05) is 25.4 Å². The van der Waals surface area contributed by atoms with Crippen molar-refractivity contribution in [3.05, 3.63) is 27.2 Å². The third-order valence-corrected chi connectivity index (χ3v) is 4.83. The summed E-state index contributed by atoms with van der Waals surface area (Å²) in [6.07, 6.45) is -0.190. The first-order valence-electron chi connectivity index (χ1n) is 9.25. The van der Waals surface area contributed by atoms with Gasteiger partial charge in [0.25, 0.3) is 5.56 Å². The van der Waals surface area contributed by atoms with E-state index in [1.807, 2.05) is 12.0 Å². The van der Waals surface area contributed by atoms with Gasteiger partial charge in [0.05, 0.1) is 5.69 Å². The number of hydrogen-bond donors (Lipinski definition) is 1. The lowest BCUT2D eigenvalue weighted by Gasteiger charge is -2.23. The number of rotatable bonds is 8. The molecule has 2 rings (SSSR count). The van der Waals surface area contributed by atoms with Crippen LogP contribution in [0.5, 0.6) is 0 Å². The average Bonchev–Trinajstić information content (AvgIpc) is 2.95. The summed E-state index contributed by atoms with van der Waals surface area (Å²) < 4.78 is 39.5. The molecule has 0 fully saturated rings. The monoisotopic (exact) mass is 373 g/mol. The molecule has 1 aliphatic carbocycles. The Balaban J connectivity index is 2.16. The SMILES string of the molecule is CCCCCN(CCC)C(=O)CC1CCc2c1n[nH]c(=O)c2C(F)(F)F. The zero-order valence-electron chi connectivity index (χ0n) is 15.3. The second-order valence-electron chi connectivity index (χ2n) is 6.82. The molecule has 0 aromatic carbocycles. The molecule has 0 saturated heterocycles. The van der Waals surface area contributed by atoms with Crippen LogP contribution < -0.4 is 5.56 Å². The number of carbonyl (C=O) groups is 1. The van der Waals surface area contributed by atoms with E-state index in [0.29, 0.717) is 19.5 Å². The Kier molecular flexibility index (Phi) is 6.83. The van der Waals surface area contributed by atoms with Crippen LogP contribution in [0.1, 0.15) is 75.1 Å². The summed E-state index contributed by atoms with van der Waals surface area (Å²) in [4.78, 5) is 26.0. The summed E-state index contributed by atoms with van der Waals surface area (Å²) in [5, 5.41) is 5.80. The lowest BCUT2D eigenvalue weighted by Crippen LogP contribution is -2.33. The molecule has 0 bridgehead atoms. The lowest BCUT2D eigenvalue weighted by atomic mass is 10.0. The topological polar surface area (TPSA) is 66.1 Å². The summed E-state index contributed by atoms with van der Waals surface area (Å²) in [5.41, 5.74) is -2.21. The molecule has 0 spiro atoms. The zero-order chi connectivity index (χ0) is 19.3. The molecule has 1 amide bonds. The van der Waals surface area contributed by atoms with Crippen molar-refractivity contribution in [2.24, 2.45) is 0 Å². The fourth-order valence-corrected chi connectivity index (χ4v) is 3.57.